The van der Waals surface area contributed by atoms with E-state index in [-0.39, 0.29) is 49.1 Å². The Morgan fingerprint density at radius 2 is 1.79 bits per heavy atom. The summed E-state index contributed by atoms with van der Waals surface area (Å²) in [6.07, 6.45) is -1.02. The number of benzene rings is 2. The molecule has 260 valence electrons. The number of urea groups is 1. The Bertz CT molecular complexity index is 1680. The zero-order chi connectivity index (χ0) is 34.6. The SMILES string of the molecule is Cc1nc(CN2CCN([C@H](C(=O)N[C@@H](Cc3ccccc3)[C@@H](O)CN(CC(C)C)S(=O)(=O)c3ccc4c(c3)OCO4)C(C)C)C2=O)cs1. The zero-order valence-electron chi connectivity index (χ0n) is 28.0. The van der Waals surface area contributed by atoms with Crippen molar-refractivity contribution in [2.75, 3.05) is 33.0 Å². The third-order valence-corrected chi connectivity index (χ3v) is 11.1. The van der Waals surface area contributed by atoms with E-state index in [9.17, 15) is 23.1 Å². The number of carbonyl (C=O) groups is 2. The molecule has 0 radical (unpaired) electrons. The standard InChI is InChI=1S/C34H45N5O7S2/c1-22(2)17-38(48(43,44)27-11-12-30-31(16-27)46-21-45-30)19-29(40)28(15-25-9-7-6-8-10-25)36-33(41)32(23(3)4)39-14-13-37(34(39)42)18-26-20-47-24(5)35-26/h6-12,16,20,22-23,28-29,32,40H,13-15,17-19,21H2,1-5H3,(H,36,41)/t28-,29-,32-/m0/s1. The van der Waals surface area contributed by atoms with Gasteiger partial charge < -0.3 is 29.7 Å². The van der Waals surface area contributed by atoms with Crippen molar-refractivity contribution in [3.05, 3.63) is 70.2 Å². The van der Waals surface area contributed by atoms with Crippen LogP contribution in [0, 0.1) is 18.8 Å². The Morgan fingerprint density at radius 3 is 2.46 bits per heavy atom. The van der Waals surface area contributed by atoms with Gasteiger partial charge in [0, 0.05) is 37.6 Å². The van der Waals surface area contributed by atoms with Gasteiger partial charge in [-0.25, -0.2) is 18.2 Å². The van der Waals surface area contributed by atoms with E-state index in [1.807, 2.05) is 70.3 Å². The molecule has 14 heteroatoms. The van der Waals surface area contributed by atoms with Crippen LogP contribution in [0.5, 0.6) is 11.5 Å². The summed E-state index contributed by atoms with van der Waals surface area (Å²) in [6, 6.07) is 12.0. The number of ether oxygens (including phenoxy) is 2. The fourth-order valence-corrected chi connectivity index (χ4v) is 8.35. The lowest BCUT2D eigenvalue weighted by molar-refractivity contribution is -0.128. The molecule has 12 nitrogen and oxygen atoms in total. The molecule has 0 saturated carbocycles. The molecular weight excluding hydrogens is 655 g/mol. The fraction of sp³-hybridized carbons (Fsp3) is 0.500. The Balaban J connectivity index is 1.37. The average molecular weight is 700 g/mol. The maximum absolute atomic E-state index is 14.1. The molecule has 0 aliphatic carbocycles. The second kappa shape index (κ2) is 15.2. The minimum Gasteiger partial charge on any atom is -0.454 e. The van der Waals surface area contributed by atoms with Crippen molar-refractivity contribution in [3.63, 3.8) is 0 Å². The Morgan fingerprint density at radius 1 is 1.06 bits per heavy atom. The van der Waals surface area contributed by atoms with Gasteiger partial charge in [0.25, 0.3) is 0 Å². The van der Waals surface area contributed by atoms with Gasteiger partial charge in [0.2, 0.25) is 22.7 Å². The molecule has 3 atom stereocenters. The number of aliphatic hydroxyl groups is 1. The van der Waals surface area contributed by atoms with Crippen LogP contribution in [0.3, 0.4) is 0 Å². The predicted molar refractivity (Wildman–Crippen MR) is 182 cm³/mol. The number of nitrogens with one attached hydrogen (secondary N) is 1. The topological polar surface area (TPSA) is 142 Å². The Kier molecular flexibility index (Phi) is 11.3. The summed E-state index contributed by atoms with van der Waals surface area (Å²) in [5, 5.41) is 17.6. The number of hydrogen-bond acceptors (Lipinski definition) is 9. The molecule has 2 aliphatic rings. The molecule has 1 fully saturated rings. The highest BCUT2D eigenvalue weighted by Gasteiger charge is 2.40. The van der Waals surface area contributed by atoms with Gasteiger partial charge in [-0.1, -0.05) is 58.0 Å². The largest absolute Gasteiger partial charge is 0.454 e. The zero-order valence-corrected chi connectivity index (χ0v) is 29.7. The molecule has 1 saturated heterocycles. The molecule has 0 unspecified atom stereocenters. The maximum Gasteiger partial charge on any atom is 0.321 e. The van der Waals surface area contributed by atoms with Crippen LogP contribution in [0.15, 0.2) is 58.8 Å². The van der Waals surface area contributed by atoms with Crippen molar-refractivity contribution in [3.8, 4) is 11.5 Å². The minimum atomic E-state index is -4.07. The van der Waals surface area contributed by atoms with Crippen LogP contribution >= 0.6 is 11.3 Å². The van der Waals surface area contributed by atoms with Crippen molar-refractivity contribution in [1.82, 2.24) is 24.4 Å². The molecule has 5 rings (SSSR count). The van der Waals surface area contributed by atoms with Crippen molar-refractivity contribution in [2.45, 2.75) is 70.7 Å². The minimum absolute atomic E-state index is 0.0119. The van der Waals surface area contributed by atoms with Gasteiger partial charge in [0.1, 0.15) is 6.04 Å². The van der Waals surface area contributed by atoms with E-state index in [0.29, 0.717) is 31.1 Å². The van der Waals surface area contributed by atoms with Gasteiger partial charge >= 0.3 is 6.03 Å². The van der Waals surface area contributed by atoms with E-state index in [1.165, 1.54) is 27.8 Å². The molecule has 2 N–H and O–H groups in total. The smallest absolute Gasteiger partial charge is 0.321 e. The maximum atomic E-state index is 14.1. The summed E-state index contributed by atoms with van der Waals surface area (Å²) in [6.45, 7) is 10.6. The van der Waals surface area contributed by atoms with Crippen LogP contribution in [-0.2, 0) is 27.8 Å². The number of nitrogens with zero attached hydrogens (tertiary/aromatic N) is 4. The van der Waals surface area contributed by atoms with E-state index in [0.717, 1.165) is 16.3 Å². The van der Waals surface area contributed by atoms with E-state index in [2.05, 4.69) is 10.3 Å². The van der Waals surface area contributed by atoms with Gasteiger partial charge in [0.05, 0.1) is 34.3 Å². The molecule has 48 heavy (non-hydrogen) atoms. The lowest BCUT2D eigenvalue weighted by Gasteiger charge is -2.34. The molecule has 3 heterocycles. The quantitative estimate of drug-likeness (QED) is 0.244. The summed E-state index contributed by atoms with van der Waals surface area (Å²) >= 11 is 1.53. The number of aromatic nitrogens is 1. The highest BCUT2D eigenvalue weighted by atomic mass is 32.2. The number of amides is 3. The molecule has 3 aromatic rings. The van der Waals surface area contributed by atoms with E-state index >= 15 is 0 Å². The lowest BCUT2D eigenvalue weighted by atomic mass is 9.97. The number of sulfonamides is 1. The third kappa shape index (κ3) is 8.28. The van der Waals surface area contributed by atoms with Gasteiger partial charge in [-0.2, -0.15) is 4.31 Å². The summed E-state index contributed by atoms with van der Waals surface area (Å²) in [7, 11) is -4.07. The monoisotopic (exact) mass is 699 g/mol. The normalized spacial score (nSPS) is 16.6. The highest BCUT2D eigenvalue weighted by molar-refractivity contribution is 7.89. The number of rotatable bonds is 15. The van der Waals surface area contributed by atoms with Gasteiger partial charge in [-0.15, -0.1) is 11.3 Å². The lowest BCUT2D eigenvalue weighted by Crippen LogP contribution is -2.57. The van der Waals surface area contributed by atoms with Crippen LogP contribution in [0.1, 0.15) is 44.0 Å². The van der Waals surface area contributed by atoms with Crippen molar-refractivity contribution in [2.24, 2.45) is 11.8 Å². The fourth-order valence-electron chi connectivity index (χ4n) is 6.11. The summed E-state index contributed by atoms with van der Waals surface area (Å²) < 4.78 is 39.9. The van der Waals surface area contributed by atoms with Crippen molar-refractivity contribution < 1.29 is 32.6 Å². The van der Waals surface area contributed by atoms with E-state index < -0.39 is 34.1 Å². The number of aliphatic hydroxyl groups excluding tert-OH is 1. The first kappa shape index (κ1) is 35.6. The Hall–Kier alpha value is -3.72. The third-order valence-electron chi connectivity index (χ3n) is 8.41. The van der Waals surface area contributed by atoms with Crippen LogP contribution in [0.2, 0.25) is 0 Å². The van der Waals surface area contributed by atoms with Gasteiger partial charge in [-0.05, 0) is 42.9 Å². The average Bonchev–Trinajstić information content (AvgIpc) is 3.77. The Labute approximate surface area is 286 Å². The van der Waals surface area contributed by atoms with Crippen LogP contribution < -0.4 is 14.8 Å². The first-order valence-corrected chi connectivity index (χ1v) is 18.5. The summed E-state index contributed by atoms with van der Waals surface area (Å²) in [4.78, 5) is 35.4. The highest BCUT2D eigenvalue weighted by Crippen LogP contribution is 2.35. The molecule has 2 aromatic carbocycles. The molecule has 2 aliphatic heterocycles. The second-order valence-corrected chi connectivity index (χ2v) is 16.0. The van der Waals surface area contributed by atoms with Crippen LogP contribution in [0.25, 0.3) is 0 Å². The van der Waals surface area contributed by atoms with Crippen molar-refractivity contribution in [1.29, 1.82) is 0 Å². The number of hydrogen-bond donors (Lipinski definition) is 2. The van der Waals surface area contributed by atoms with Crippen molar-refractivity contribution >= 4 is 33.3 Å². The molecule has 1 aromatic heterocycles. The summed E-state index contributed by atoms with van der Waals surface area (Å²) in [5.74, 6) is 0.123. The van der Waals surface area contributed by atoms with Crippen LogP contribution in [-0.4, -0.2) is 95.7 Å². The first-order chi connectivity index (χ1) is 22.8. The van der Waals surface area contributed by atoms with E-state index in [4.69, 9.17) is 9.47 Å². The predicted octanol–water partition coefficient (Wildman–Crippen LogP) is 3.88. The molecule has 3 amide bonds. The second-order valence-electron chi connectivity index (χ2n) is 13.0. The number of aryl methyl sites for hydroxylation is 1. The van der Waals surface area contributed by atoms with E-state index in [1.54, 1.807) is 15.9 Å². The number of fused-ring (bicyclic) bond motifs is 1. The van der Waals surface area contributed by atoms with Crippen LogP contribution in [0.4, 0.5) is 4.79 Å². The molecular formula is C34H45N5O7S2. The first-order valence-electron chi connectivity index (χ1n) is 16.2. The summed E-state index contributed by atoms with van der Waals surface area (Å²) in [5.41, 5.74) is 1.67. The number of thiazole rings is 1. The molecule has 0 bridgehead atoms. The van der Waals surface area contributed by atoms with Gasteiger partial charge in [-0.3, -0.25) is 4.79 Å². The molecule has 0 spiro atoms. The number of carbonyl (C=O) groups excluding carboxylic acids is 2. The van der Waals surface area contributed by atoms with Gasteiger partial charge in [0.15, 0.2) is 11.5 Å².